The van der Waals surface area contributed by atoms with Crippen LogP contribution in [0.4, 0.5) is 10.5 Å². The van der Waals surface area contributed by atoms with E-state index in [9.17, 15) is 14.7 Å². The maximum Gasteiger partial charge on any atom is 0.414 e. The van der Waals surface area contributed by atoms with Crippen LogP contribution in [0, 0.1) is 11.8 Å². The normalized spacial score (nSPS) is 25.8. The number of amides is 1. The maximum absolute atomic E-state index is 12.6. The summed E-state index contributed by atoms with van der Waals surface area (Å²) in [5.74, 6) is 0.787. The number of methoxy groups -OCH3 is 1. The summed E-state index contributed by atoms with van der Waals surface area (Å²) < 4.78 is 7.48. The van der Waals surface area contributed by atoms with Gasteiger partial charge in [0.25, 0.3) is 0 Å². The van der Waals surface area contributed by atoms with E-state index in [1.165, 1.54) is 39.2 Å². The summed E-state index contributed by atoms with van der Waals surface area (Å²) in [6.07, 6.45) is 12.1. The third kappa shape index (κ3) is 4.18. The first kappa shape index (κ1) is 23.2. The number of hydrogen-bond acceptors (Lipinski definition) is 4. The predicted octanol–water partition coefficient (Wildman–Crippen LogP) is 5.88. The number of carboxylic acids is 1. The van der Waals surface area contributed by atoms with Gasteiger partial charge in [0.1, 0.15) is 5.82 Å². The molecular weight excluding hydrogens is 430 g/mol. The van der Waals surface area contributed by atoms with Crippen molar-refractivity contribution in [2.75, 3.05) is 12.0 Å². The van der Waals surface area contributed by atoms with E-state index in [1.54, 1.807) is 4.90 Å². The van der Waals surface area contributed by atoms with E-state index in [2.05, 4.69) is 17.6 Å². The lowest BCUT2D eigenvalue weighted by molar-refractivity contribution is -0.143. The average molecular weight is 468 g/mol. The van der Waals surface area contributed by atoms with E-state index in [1.807, 2.05) is 6.07 Å². The summed E-state index contributed by atoms with van der Waals surface area (Å²) in [5, 5.41) is 9.71. The summed E-state index contributed by atoms with van der Waals surface area (Å²) in [6.45, 7) is 2.06. The van der Waals surface area contributed by atoms with Gasteiger partial charge in [-0.25, -0.2) is 9.78 Å². The van der Waals surface area contributed by atoms with Crippen molar-refractivity contribution in [3.63, 3.8) is 0 Å². The Hall–Kier alpha value is -2.57. The van der Waals surface area contributed by atoms with E-state index in [-0.39, 0.29) is 24.1 Å². The number of rotatable bonds is 4. The van der Waals surface area contributed by atoms with Crippen LogP contribution in [-0.4, -0.2) is 39.9 Å². The quantitative estimate of drug-likeness (QED) is 0.607. The minimum absolute atomic E-state index is 0.0795. The third-order valence-electron chi connectivity index (χ3n) is 8.46. The molecule has 2 saturated carbocycles. The first-order valence-electron chi connectivity index (χ1n) is 13.1. The molecule has 0 saturated heterocycles. The summed E-state index contributed by atoms with van der Waals surface area (Å²) in [5.41, 5.74) is 4.11. The summed E-state index contributed by atoms with van der Waals surface area (Å²) in [7, 11) is 1.43. The number of carboxylic acid groups (broad SMARTS) is 1. The van der Waals surface area contributed by atoms with Crippen LogP contribution in [0.25, 0.3) is 11.0 Å². The van der Waals surface area contributed by atoms with E-state index in [0.29, 0.717) is 12.3 Å². The minimum atomic E-state index is -0.678. The van der Waals surface area contributed by atoms with Crippen molar-refractivity contribution in [3.05, 3.63) is 23.5 Å². The van der Waals surface area contributed by atoms with Crippen LogP contribution in [0.2, 0.25) is 0 Å². The van der Waals surface area contributed by atoms with Crippen molar-refractivity contribution in [2.24, 2.45) is 11.8 Å². The molecule has 0 radical (unpaired) electrons. The van der Waals surface area contributed by atoms with E-state index in [4.69, 9.17) is 9.72 Å². The molecule has 1 aliphatic heterocycles. The molecule has 2 fully saturated rings. The zero-order chi connectivity index (χ0) is 23.8. The molecule has 34 heavy (non-hydrogen) atoms. The Labute approximate surface area is 201 Å². The van der Waals surface area contributed by atoms with Crippen LogP contribution in [0.5, 0.6) is 0 Å². The second-order valence-electron chi connectivity index (χ2n) is 10.6. The number of fused-ring (bicyclic) bond motifs is 3. The Morgan fingerprint density at radius 2 is 1.88 bits per heavy atom. The monoisotopic (exact) mass is 467 g/mol. The van der Waals surface area contributed by atoms with Gasteiger partial charge in [-0.3, -0.25) is 9.69 Å². The predicted molar refractivity (Wildman–Crippen MR) is 131 cm³/mol. The fraction of sp³-hybridized carbons (Fsp3) is 0.667. The molecular formula is C27H37N3O4. The number of carbonyl (C=O) groups is 2. The van der Waals surface area contributed by atoms with Crippen molar-refractivity contribution in [2.45, 2.75) is 96.1 Å². The van der Waals surface area contributed by atoms with Gasteiger partial charge in [0.15, 0.2) is 0 Å². The van der Waals surface area contributed by atoms with Gasteiger partial charge in [0, 0.05) is 24.1 Å². The Bertz CT molecular complexity index is 1070. The molecule has 184 valence electrons. The molecule has 1 N–H and O–H groups in total. The molecule has 2 aromatic rings. The van der Waals surface area contributed by atoms with Gasteiger partial charge in [0.2, 0.25) is 0 Å². The minimum Gasteiger partial charge on any atom is -0.481 e. The van der Waals surface area contributed by atoms with Crippen LogP contribution < -0.4 is 4.90 Å². The lowest BCUT2D eigenvalue weighted by atomic mass is 9.84. The van der Waals surface area contributed by atoms with Crippen molar-refractivity contribution < 1.29 is 19.4 Å². The number of benzene rings is 1. The van der Waals surface area contributed by atoms with Crippen molar-refractivity contribution in [1.29, 1.82) is 0 Å². The van der Waals surface area contributed by atoms with Crippen molar-refractivity contribution >= 4 is 28.8 Å². The van der Waals surface area contributed by atoms with Gasteiger partial charge in [-0.2, -0.15) is 0 Å². The molecule has 1 aromatic heterocycles. The Kier molecular flexibility index (Phi) is 6.54. The van der Waals surface area contributed by atoms with Crippen molar-refractivity contribution in [3.8, 4) is 0 Å². The number of aryl methyl sites for hydroxylation is 1. The van der Waals surface area contributed by atoms with E-state index >= 15 is 0 Å². The Morgan fingerprint density at radius 3 is 2.62 bits per heavy atom. The lowest BCUT2D eigenvalue weighted by Crippen LogP contribution is -2.42. The topological polar surface area (TPSA) is 84.7 Å². The fourth-order valence-corrected chi connectivity index (χ4v) is 6.65. The van der Waals surface area contributed by atoms with Gasteiger partial charge in [-0.1, -0.05) is 38.5 Å². The van der Waals surface area contributed by atoms with Gasteiger partial charge in [-0.15, -0.1) is 0 Å². The molecule has 7 nitrogen and oxygen atoms in total. The SMILES string of the molecule is COC(=O)N1c2ccc3c(nc(CC4CCCCC4)n3[C@@H]3CCC[C@@H](C(=O)O)C3)c2CC[C@@H]1C. The molecule has 0 spiro atoms. The third-order valence-corrected chi connectivity index (χ3v) is 8.46. The molecule has 2 aliphatic carbocycles. The number of aromatic nitrogens is 2. The van der Waals surface area contributed by atoms with Crippen LogP contribution in [0.1, 0.15) is 88.6 Å². The molecule has 1 amide bonds. The number of anilines is 1. The van der Waals surface area contributed by atoms with Gasteiger partial charge < -0.3 is 14.4 Å². The summed E-state index contributed by atoms with van der Waals surface area (Å²) in [4.78, 5) is 31.4. The van der Waals surface area contributed by atoms with E-state index < -0.39 is 5.97 Å². The standard InChI is InChI=1S/C27H37N3O4/c1-17-11-12-21-22(29(17)27(33)34-2)13-14-23-25(21)28-24(15-18-7-4-3-5-8-18)30(23)20-10-6-9-19(16-20)26(31)32/h13-14,17-20H,3-12,15-16H2,1-2H3,(H,31,32)/t17-,19+,20+/m0/s1. The summed E-state index contributed by atoms with van der Waals surface area (Å²) in [6, 6.07) is 4.39. The largest absolute Gasteiger partial charge is 0.481 e. The molecule has 5 rings (SSSR count). The highest BCUT2D eigenvalue weighted by Gasteiger charge is 2.34. The smallest absolute Gasteiger partial charge is 0.414 e. The number of carbonyl (C=O) groups excluding carboxylic acids is 1. The molecule has 7 heteroatoms. The maximum atomic E-state index is 12.6. The molecule has 2 heterocycles. The average Bonchev–Trinajstić information content (AvgIpc) is 3.22. The number of ether oxygens (including phenoxy) is 1. The van der Waals surface area contributed by atoms with E-state index in [0.717, 1.165) is 66.6 Å². The first-order valence-corrected chi connectivity index (χ1v) is 13.1. The zero-order valence-electron chi connectivity index (χ0n) is 20.5. The van der Waals surface area contributed by atoms with Gasteiger partial charge >= 0.3 is 12.1 Å². The molecule has 1 aromatic carbocycles. The number of imidazole rings is 1. The Balaban J connectivity index is 1.60. The summed E-state index contributed by atoms with van der Waals surface area (Å²) >= 11 is 0. The molecule has 0 unspecified atom stereocenters. The molecule has 3 atom stereocenters. The fourth-order valence-electron chi connectivity index (χ4n) is 6.65. The highest BCUT2D eigenvalue weighted by molar-refractivity contribution is 5.95. The number of aliphatic carboxylic acids is 1. The van der Waals surface area contributed by atoms with Gasteiger partial charge in [-0.05, 0) is 57.1 Å². The van der Waals surface area contributed by atoms with Crippen LogP contribution in [-0.2, 0) is 22.4 Å². The van der Waals surface area contributed by atoms with Crippen LogP contribution in [0.3, 0.4) is 0 Å². The van der Waals surface area contributed by atoms with Crippen LogP contribution >= 0.6 is 0 Å². The first-order chi connectivity index (χ1) is 16.5. The second-order valence-corrected chi connectivity index (χ2v) is 10.6. The molecule has 3 aliphatic rings. The highest BCUT2D eigenvalue weighted by Crippen LogP contribution is 2.41. The van der Waals surface area contributed by atoms with Crippen molar-refractivity contribution in [1.82, 2.24) is 9.55 Å². The zero-order valence-corrected chi connectivity index (χ0v) is 20.5. The van der Waals surface area contributed by atoms with Gasteiger partial charge in [0.05, 0.1) is 29.7 Å². The second kappa shape index (κ2) is 9.59. The number of hydrogen-bond donors (Lipinski definition) is 1. The number of nitrogens with zero attached hydrogens (tertiary/aromatic N) is 3. The molecule has 0 bridgehead atoms. The van der Waals surface area contributed by atoms with Crippen LogP contribution in [0.15, 0.2) is 12.1 Å². The lowest BCUT2D eigenvalue weighted by Gasteiger charge is -2.34. The highest BCUT2D eigenvalue weighted by atomic mass is 16.5. The Morgan fingerprint density at radius 1 is 1.09 bits per heavy atom.